The van der Waals surface area contributed by atoms with E-state index in [1.165, 1.54) is 0 Å². The predicted molar refractivity (Wildman–Crippen MR) is 62.0 cm³/mol. The molecule has 1 aromatic heterocycles. The molecule has 1 aliphatic heterocycles. The summed E-state index contributed by atoms with van der Waals surface area (Å²) in [7, 11) is 0. The van der Waals surface area contributed by atoms with E-state index in [1.54, 1.807) is 0 Å². The lowest BCUT2D eigenvalue weighted by atomic mass is 10.2. The van der Waals surface area contributed by atoms with Crippen LogP contribution in [0.1, 0.15) is 31.7 Å². The lowest BCUT2D eigenvalue weighted by Crippen LogP contribution is -2.25. The lowest BCUT2D eigenvalue weighted by molar-refractivity contribution is 0.442. The zero-order chi connectivity index (χ0) is 11.5. The van der Waals surface area contributed by atoms with Gasteiger partial charge in [-0.2, -0.15) is 4.98 Å². The van der Waals surface area contributed by atoms with Crippen LogP contribution in [0, 0.1) is 0 Å². The first kappa shape index (κ1) is 11.0. The molecule has 0 aromatic carbocycles. The van der Waals surface area contributed by atoms with Crippen molar-refractivity contribution in [1.29, 1.82) is 0 Å². The van der Waals surface area contributed by atoms with Crippen molar-refractivity contribution in [2.75, 3.05) is 18.0 Å². The summed E-state index contributed by atoms with van der Waals surface area (Å²) >= 11 is 0. The normalized spacial score (nSPS) is 15.7. The summed E-state index contributed by atoms with van der Waals surface area (Å²) in [6.07, 6.45) is 3.61. The highest BCUT2D eigenvalue weighted by molar-refractivity contribution is 5.36. The van der Waals surface area contributed by atoms with Crippen LogP contribution >= 0.6 is 0 Å². The van der Waals surface area contributed by atoms with E-state index in [0.717, 1.165) is 32.4 Å². The van der Waals surface area contributed by atoms with Gasteiger partial charge in [-0.3, -0.25) is 9.78 Å². The molecule has 0 radical (unpaired) electrons. The van der Waals surface area contributed by atoms with Crippen LogP contribution in [0.3, 0.4) is 0 Å². The first-order chi connectivity index (χ1) is 7.72. The summed E-state index contributed by atoms with van der Waals surface area (Å²) in [5.41, 5.74) is 0.182. The van der Waals surface area contributed by atoms with E-state index in [0.29, 0.717) is 17.9 Å². The quantitative estimate of drug-likeness (QED) is 0.803. The Morgan fingerprint density at radius 3 is 2.69 bits per heavy atom. The van der Waals surface area contributed by atoms with Gasteiger partial charge in [0.05, 0.1) is 5.56 Å². The summed E-state index contributed by atoms with van der Waals surface area (Å²) in [5, 5.41) is 9.71. The molecule has 2 rings (SSSR count). The van der Waals surface area contributed by atoms with Crippen molar-refractivity contribution in [3.63, 3.8) is 0 Å². The molecular weight excluding hydrogens is 206 g/mol. The Labute approximate surface area is 94.1 Å². The van der Waals surface area contributed by atoms with Crippen molar-refractivity contribution in [2.45, 2.75) is 32.6 Å². The Bertz CT molecular complexity index is 422. The monoisotopic (exact) mass is 223 g/mol. The van der Waals surface area contributed by atoms with E-state index < -0.39 is 0 Å². The fourth-order valence-electron chi connectivity index (χ4n) is 2.03. The number of aromatic nitrogens is 2. The first-order valence-electron chi connectivity index (χ1n) is 5.79. The largest absolute Gasteiger partial charge is 0.493 e. The Morgan fingerprint density at radius 2 is 2.12 bits per heavy atom. The number of hydrogen-bond donors (Lipinski definition) is 2. The number of anilines is 1. The van der Waals surface area contributed by atoms with Crippen molar-refractivity contribution >= 4 is 5.95 Å². The average Bonchev–Trinajstić information content (AvgIpc) is 2.76. The van der Waals surface area contributed by atoms with Gasteiger partial charge in [-0.25, -0.2) is 0 Å². The maximum absolute atomic E-state index is 11.7. The molecule has 0 amide bonds. The molecule has 88 valence electrons. The summed E-state index contributed by atoms with van der Waals surface area (Å²) < 4.78 is 0. The molecular formula is C11H17N3O2. The molecule has 2 N–H and O–H groups in total. The molecule has 5 nitrogen and oxygen atoms in total. The third kappa shape index (κ3) is 2.03. The molecule has 1 saturated heterocycles. The molecule has 0 bridgehead atoms. The van der Waals surface area contributed by atoms with E-state index in [1.807, 2.05) is 11.8 Å². The SMILES string of the molecule is CCCc1c(O)nc(N2CCCC2)[nH]c1=O. The number of nitrogens with one attached hydrogen (secondary N) is 1. The van der Waals surface area contributed by atoms with Crippen molar-refractivity contribution in [3.05, 3.63) is 15.9 Å². The molecule has 1 aliphatic rings. The van der Waals surface area contributed by atoms with Gasteiger partial charge in [0.15, 0.2) is 0 Å². The second-order valence-electron chi connectivity index (χ2n) is 4.14. The van der Waals surface area contributed by atoms with Crippen LogP contribution in [0.4, 0.5) is 5.95 Å². The maximum Gasteiger partial charge on any atom is 0.259 e. The minimum absolute atomic E-state index is 0.118. The molecule has 1 fully saturated rings. The molecule has 1 aromatic rings. The van der Waals surface area contributed by atoms with Crippen LogP contribution in [0.5, 0.6) is 5.88 Å². The van der Waals surface area contributed by atoms with Gasteiger partial charge in [0.25, 0.3) is 5.56 Å². The minimum Gasteiger partial charge on any atom is -0.493 e. The number of H-pyrrole nitrogens is 1. The number of aromatic hydroxyl groups is 1. The van der Waals surface area contributed by atoms with Crippen molar-refractivity contribution < 1.29 is 5.11 Å². The Kier molecular flexibility index (Phi) is 3.12. The van der Waals surface area contributed by atoms with Crippen molar-refractivity contribution in [1.82, 2.24) is 9.97 Å². The molecule has 0 saturated carbocycles. The molecule has 5 heteroatoms. The Balaban J connectivity index is 2.32. The van der Waals surface area contributed by atoms with Crippen LogP contribution < -0.4 is 10.5 Å². The predicted octanol–water partition coefficient (Wildman–Crippen LogP) is 1.03. The van der Waals surface area contributed by atoms with Crippen LogP contribution in [0.2, 0.25) is 0 Å². The third-order valence-electron chi connectivity index (χ3n) is 2.89. The first-order valence-corrected chi connectivity index (χ1v) is 5.79. The highest BCUT2D eigenvalue weighted by Gasteiger charge is 2.17. The molecule has 0 aliphatic carbocycles. The van der Waals surface area contributed by atoms with Gasteiger partial charge < -0.3 is 10.0 Å². The van der Waals surface area contributed by atoms with Crippen molar-refractivity contribution in [3.8, 4) is 5.88 Å². The van der Waals surface area contributed by atoms with Gasteiger partial charge in [-0.1, -0.05) is 13.3 Å². The fraction of sp³-hybridized carbons (Fsp3) is 0.636. The van der Waals surface area contributed by atoms with Gasteiger partial charge in [-0.05, 0) is 19.3 Å². The topological polar surface area (TPSA) is 69.2 Å². The number of hydrogen-bond acceptors (Lipinski definition) is 4. The standard InChI is InChI=1S/C11H17N3O2/c1-2-5-8-9(15)12-11(13-10(8)16)14-6-3-4-7-14/h2-7H2,1H3,(H2,12,13,15,16). The number of nitrogens with zero attached hydrogens (tertiary/aromatic N) is 2. The van der Waals surface area contributed by atoms with Crippen LogP contribution in [-0.2, 0) is 6.42 Å². The summed E-state index contributed by atoms with van der Waals surface area (Å²) in [6, 6.07) is 0. The lowest BCUT2D eigenvalue weighted by Gasteiger charge is -2.16. The van der Waals surface area contributed by atoms with Crippen molar-refractivity contribution in [2.24, 2.45) is 0 Å². The number of rotatable bonds is 3. The van der Waals surface area contributed by atoms with Gasteiger partial charge in [0, 0.05) is 13.1 Å². The van der Waals surface area contributed by atoms with E-state index >= 15 is 0 Å². The Morgan fingerprint density at radius 1 is 1.44 bits per heavy atom. The smallest absolute Gasteiger partial charge is 0.259 e. The summed E-state index contributed by atoms with van der Waals surface area (Å²) in [6.45, 7) is 3.76. The average molecular weight is 223 g/mol. The van der Waals surface area contributed by atoms with Gasteiger partial charge in [-0.15, -0.1) is 0 Å². The van der Waals surface area contributed by atoms with Gasteiger partial charge in [0.1, 0.15) is 0 Å². The third-order valence-corrected chi connectivity index (χ3v) is 2.89. The zero-order valence-electron chi connectivity index (χ0n) is 9.49. The minimum atomic E-state index is -0.212. The molecule has 16 heavy (non-hydrogen) atoms. The van der Waals surface area contributed by atoms with Crippen LogP contribution in [-0.4, -0.2) is 28.2 Å². The van der Waals surface area contributed by atoms with Crippen LogP contribution in [0.15, 0.2) is 4.79 Å². The van der Waals surface area contributed by atoms with E-state index in [4.69, 9.17) is 0 Å². The Hall–Kier alpha value is -1.52. The van der Waals surface area contributed by atoms with E-state index in [-0.39, 0.29) is 11.4 Å². The highest BCUT2D eigenvalue weighted by Crippen LogP contribution is 2.18. The van der Waals surface area contributed by atoms with Gasteiger partial charge >= 0.3 is 0 Å². The summed E-state index contributed by atoms with van der Waals surface area (Å²) in [5.74, 6) is 0.382. The molecule has 0 atom stereocenters. The van der Waals surface area contributed by atoms with Gasteiger partial charge in [0.2, 0.25) is 11.8 Å². The maximum atomic E-state index is 11.7. The fourth-order valence-corrected chi connectivity index (χ4v) is 2.03. The molecule has 0 unspecified atom stereocenters. The highest BCUT2D eigenvalue weighted by atomic mass is 16.3. The zero-order valence-corrected chi connectivity index (χ0v) is 9.49. The molecule has 0 spiro atoms. The second-order valence-corrected chi connectivity index (χ2v) is 4.14. The second kappa shape index (κ2) is 4.55. The van der Waals surface area contributed by atoms with E-state index in [2.05, 4.69) is 9.97 Å². The number of aromatic amines is 1. The summed E-state index contributed by atoms with van der Waals surface area (Å²) in [4.78, 5) is 20.5. The van der Waals surface area contributed by atoms with Crippen LogP contribution in [0.25, 0.3) is 0 Å². The molecule has 2 heterocycles. The van der Waals surface area contributed by atoms with E-state index in [9.17, 15) is 9.90 Å².